The van der Waals surface area contributed by atoms with Gasteiger partial charge in [0.2, 0.25) is 11.8 Å². The summed E-state index contributed by atoms with van der Waals surface area (Å²) in [7, 11) is 0. The van der Waals surface area contributed by atoms with Crippen LogP contribution in [0.25, 0.3) is 10.9 Å². The fourth-order valence-corrected chi connectivity index (χ4v) is 4.51. The number of likely N-dealkylation sites (N-methyl/N-ethyl adjacent to an activating group) is 1. The van der Waals surface area contributed by atoms with Crippen LogP contribution in [0.4, 0.5) is 0 Å². The number of nitrogens with one attached hydrogen (secondary N) is 2. The van der Waals surface area contributed by atoms with E-state index in [1.54, 1.807) is 11.8 Å². The van der Waals surface area contributed by atoms with Crippen molar-refractivity contribution < 1.29 is 14.4 Å². The number of carbonyl (C=O) groups excluding carboxylic acids is 3. The number of aryl methyl sites for hydroxylation is 1. The molecule has 2 aromatic carbocycles. The monoisotopic (exact) mass is 446 g/mol. The average molecular weight is 447 g/mol. The summed E-state index contributed by atoms with van der Waals surface area (Å²) in [5.74, 6) is -0.801. The molecule has 172 valence electrons. The zero-order valence-electron chi connectivity index (χ0n) is 19.4. The summed E-state index contributed by atoms with van der Waals surface area (Å²) in [5.41, 5.74) is 2.64. The molecular formula is C26H30N4O3. The molecule has 1 aliphatic heterocycles. The molecule has 1 atom stereocenters. The van der Waals surface area contributed by atoms with Gasteiger partial charge in [-0.25, -0.2) is 0 Å². The maximum Gasteiger partial charge on any atom is 0.271 e. The fraction of sp³-hybridized carbons (Fsp3) is 0.346. The molecule has 3 aromatic rings. The van der Waals surface area contributed by atoms with Crippen LogP contribution in [0.15, 0.2) is 54.6 Å². The van der Waals surface area contributed by atoms with Crippen molar-refractivity contribution in [2.45, 2.75) is 45.8 Å². The van der Waals surface area contributed by atoms with Gasteiger partial charge in [-0.05, 0) is 43.5 Å². The van der Waals surface area contributed by atoms with E-state index >= 15 is 0 Å². The topological polar surface area (TPSA) is 83.4 Å². The molecule has 33 heavy (non-hydrogen) atoms. The minimum Gasteiger partial charge on any atom is -0.350 e. The largest absolute Gasteiger partial charge is 0.350 e. The number of fused-ring (bicyclic) bond motifs is 3. The second-order valence-electron chi connectivity index (χ2n) is 8.63. The molecule has 0 spiro atoms. The summed E-state index contributed by atoms with van der Waals surface area (Å²) >= 11 is 0. The number of carbonyl (C=O) groups is 3. The van der Waals surface area contributed by atoms with Gasteiger partial charge in [-0.3, -0.25) is 14.4 Å². The van der Waals surface area contributed by atoms with E-state index in [0.29, 0.717) is 25.3 Å². The van der Waals surface area contributed by atoms with E-state index in [9.17, 15) is 14.4 Å². The molecule has 0 saturated heterocycles. The van der Waals surface area contributed by atoms with Gasteiger partial charge in [0.25, 0.3) is 5.91 Å². The molecule has 1 aromatic heterocycles. The first-order chi connectivity index (χ1) is 15.9. The fourth-order valence-electron chi connectivity index (χ4n) is 4.51. The zero-order chi connectivity index (χ0) is 23.6. The maximum atomic E-state index is 13.3. The molecular weight excluding hydrogens is 416 g/mol. The number of para-hydroxylation sites is 1. The third kappa shape index (κ3) is 4.23. The molecule has 0 radical (unpaired) electrons. The maximum absolute atomic E-state index is 13.3. The molecule has 0 fully saturated rings. The molecule has 1 aliphatic rings. The smallest absolute Gasteiger partial charge is 0.271 e. The Bertz CT molecular complexity index is 1200. The Hall–Kier alpha value is -3.61. The van der Waals surface area contributed by atoms with Crippen LogP contribution in [0, 0.1) is 0 Å². The van der Waals surface area contributed by atoms with Crippen LogP contribution in [0.2, 0.25) is 0 Å². The van der Waals surface area contributed by atoms with Crippen LogP contribution in [-0.4, -0.2) is 45.8 Å². The highest BCUT2D eigenvalue weighted by Gasteiger charge is 2.46. The molecule has 0 aliphatic carbocycles. The summed E-state index contributed by atoms with van der Waals surface area (Å²) < 4.78 is 1.91. The minimum absolute atomic E-state index is 0.146. The van der Waals surface area contributed by atoms with Gasteiger partial charge in [-0.15, -0.1) is 0 Å². The van der Waals surface area contributed by atoms with Crippen molar-refractivity contribution in [2.75, 3.05) is 13.1 Å². The van der Waals surface area contributed by atoms with Crippen molar-refractivity contribution in [3.63, 3.8) is 0 Å². The van der Waals surface area contributed by atoms with Gasteiger partial charge in [0.15, 0.2) is 0 Å². The normalized spacial score (nSPS) is 17.7. The summed E-state index contributed by atoms with van der Waals surface area (Å²) in [6.45, 7) is 6.68. The summed E-state index contributed by atoms with van der Waals surface area (Å²) in [6.07, 6.45) is 0.967. The molecule has 2 heterocycles. The number of aromatic nitrogens is 1. The summed E-state index contributed by atoms with van der Waals surface area (Å²) in [4.78, 5) is 40.4. The summed E-state index contributed by atoms with van der Waals surface area (Å²) in [6, 6.07) is 17.7. The third-order valence-electron chi connectivity index (χ3n) is 6.47. The Balaban J connectivity index is 1.44. The third-order valence-corrected chi connectivity index (χ3v) is 6.47. The van der Waals surface area contributed by atoms with E-state index in [4.69, 9.17) is 0 Å². The average Bonchev–Trinajstić information content (AvgIpc) is 3.20. The highest BCUT2D eigenvalue weighted by atomic mass is 16.2. The van der Waals surface area contributed by atoms with Gasteiger partial charge < -0.3 is 20.1 Å². The highest BCUT2D eigenvalue weighted by Crippen LogP contribution is 2.32. The number of rotatable bonds is 7. The number of hydrogen-bond donors (Lipinski definition) is 2. The molecule has 7 nitrogen and oxygen atoms in total. The zero-order valence-corrected chi connectivity index (χ0v) is 19.4. The number of hydrogen-bond acceptors (Lipinski definition) is 3. The van der Waals surface area contributed by atoms with Crippen LogP contribution in [-0.2, 0) is 29.1 Å². The number of nitrogens with zero attached hydrogens (tertiary/aromatic N) is 2. The van der Waals surface area contributed by atoms with Gasteiger partial charge >= 0.3 is 0 Å². The Morgan fingerprint density at radius 3 is 2.39 bits per heavy atom. The van der Waals surface area contributed by atoms with Gasteiger partial charge in [0.05, 0.1) is 13.1 Å². The minimum atomic E-state index is -1.10. The van der Waals surface area contributed by atoms with Crippen LogP contribution in [0.5, 0.6) is 0 Å². The van der Waals surface area contributed by atoms with Crippen LogP contribution in [0.3, 0.4) is 0 Å². The lowest BCUT2D eigenvalue weighted by Gasteiger charge is -2.43. The second kappa shape index (κ2) is 9.10. The van der Waals surface area contributed by atoms with Crippen LogP contribution >= 0.6 is 0 Å². The molecule has 0 bridgehead atoms. The Morgan fingerprint density at radius 1 is 1.00 bits per heavy atom. The first kappa shape index (κ1) is 22.6. The lowest BCUT2D eigenvalue weighted by Crippen LogP contribution is -2.64. The lowest BCUT2D eigenvalue weighted by atomic mass is 9.95. The molecule has 4 rings (SSSR count). The van der Waals surface area contributed by atoms with Gasteiger partial charge in [-0.2, -0.15) is 0 Å². The van der Waals surface area contributed by atoms with E-state index in [1.165, 1.54) is 5.56 Å². The van der Waals surface area contributed by atoms with Crippen molar-refractivity contribution in [1.82, 2.24) is 20.1 Å². The quantitative estimate of drug-likeness (QED) is 0.585. The van der Waals surface area contributed by atoms with Crippen molar-refractivity contribution >= 4 is 28.6 Å². The van der Waals surface area contributed by atoms with E-state index in [0.717, 1.165) is 22.9 Å². The molecule has 2 N–H and O–H groups in total. The predicted octanol–water partition coefficient (Wildman–Crippen LogP) is 2.87. The SMILES string of the molecule is CCc1ccc(CNC(=O)CNC(=O)C2(C)Cn3c(cc4ccccc43)C(=O)N2CC)cc1. The molecule has 0 saturated carbocycles. The van der Waals surface area contributed by atoms with Crippen molar-refractivity contribution in [3.8, 4) is 0 Å². The van der Waals surface area contributed by atoms with E-state index in [2.05, 4.69) is 17.6 Å². The van der Waals surface area contributed by atoms with Crippen LogP contribution < -0.4 is 10.6 Å². The standard InChI is InChI=1S/C26H30N4O3/c1-4-18-10-12-19(13-11-18)15-27-23(31)16-28-25(33)26(3)17-29-21-9-7-6-8-20(21)14-22(29)24(32)30(26)5-2/h6-14H,4-5,15-17H2,1-3H3,(H,27,31)(H,28,33). The highest BCUT2D eigenvalue weighted by molar-refractivity contribution is 6.04. The van der Waals surface area contributed by atoms with Gasteiger partial charge in [-0.1, -0.05) is 49.4 Å². The molecule has 1 unspecified atom stereocenters. The van der Waals surface area contributed by atoms with Crippen LogP contribution in [0.1, 0.15) is 42.4 Å². The predicted molar refractivity (Wildman–Crippen MR) is 128 cm³/mol. The van der Waals surface area contributed by atoms with E-state index in [-0.39, 0.29) is 24.3 Å². The summed E-state index contributed by atoms with van der Waals surface area (Å²) in [5, 5.41) is 6.55. The van der Waals surface area contributed by atoms with Crippen molar-refractivity contribution in [1.29, 1.82) is 0 Å². The first-order valence-electron chi connectivity index (χ1n) is 11.4. The van der Waals surface area contributed by atoms with Crippen molar-refractivity contribution in [2.24, 2.45) is 0 Å². The van der Waals surface area contributed by atoms with E-state index < -0.39 is 5.54 Å². The Labute approximate surface area is 193 Å². The van der Waals surface area contributed by atoms with Gasteiger partial charge in [0.1, 0.15) is 11.2 Å². The lowest BCUT2D eigenvalue weighted by molar-refractivity contribution is -0.134. The Kier molecular flexibility index (Phi) is 6.22. The Morgan fingerprint density at radius 2 is 1.70 bits per heavy atom. The van der Waals surface area contributed by atoms with Gasteiger partial charge in [0, 0.05) is 24.0 Å². The first-order valence-corrected chi connectivity index (χ1v) is 11.4. The van der Waals surface area contributed by atoms with Crippen molar-refractivity contribution in [3.05, 3.63) is 71.4 Å². The molecule has 7 heteroatoms. The second-order valence-corrected chi connectivity index (χ2v) is 8.63. The van der Waals surface area contributed by atoms with E-state index in [1.807, 2.05) is 66.1 Å². The number of benzene rings is 2. The molecule has 3 amide bonds. The number of amides is 3.